The summed E-state index contributed by atoms with van der Waals surface area (Å²) in [7, 11) is 1.68. The summed E-state index contributed by atoms with van der Waals surface area (Å²) >= 11 is 1.69. The maximum atomic E-state index is 12.7. The van der Waals surface area contributed by atoms with Crippen molar-refractivity contribution in [1.82, 2.24) is 15.3 Å². The largest absolute Gasteiger partial charge is 0.497 e. The highest BCUT2D eigenvalue weighted by Crippen LogP contribution is 2.33. The van der Waals surface area contributed by atoms with Gasteiger partial charge in [-0.3, -0.25) is 4.79 Å². The van der Waals surface area contributed by atoms with Crippen LogP contribution in [0.2, 0.25) is 0 Å². The second kappa shape index (κ2) is 8.59. The van der Waals surface area contributed by atoms with E-state index < -0.39 is 0 Å². The number of carbonyl (C=O) groups is 1. The van der Waals surface area contributed by atoms with Crippen LogP contribution in [0.5, 0.6) is 5.75 Å². The number of rotatable bonds is 6. The number of carbonyl (C=O) groups excluding carboxylic acids is 1. The zero-order valence-corrected chi connectivity index (χ0v) is 18.4. The summed E-state index contributed by atoms with van der Waals surface area (Å²) in [4.78, 5) is 23.0. The van der Waals surface area contributed by atoms with Crippen molar-refractivity contribution in [2.75, 3.05) is 31.6 Å². The van der Waals surface area contributed by atoms with Gasteiger partial charge in [-0.1, -0.05) is 29.5 Å². The van der Waals surface area contributed by atoms with Gasteiger partial charge in [0.25, 0.3) is 0 Å². The third-order valence-electron chi connectivity index (χ3n) is 6.09. The minimum absolute atomic E-state index is 0.0775. The lowest BCUT2D eigenvalue weighted by molar-refractivity contribution is -0.125. The van der Waals surface area contributed by atoms with Crippen LogP contribution in [0.1, 0.15) is 18.4 Å². The predicted octanol–water partition coefficient (Wildman–Crippen LogP) is 4.36. The number of fused-ring (bicyclic) bond motifs is 2. The van der Waals surface area contributed by atoms with E-state index in [0.29, 0.717) is 6.54 Å². The highest BCUT2D eigenvalue weighted by Gasteiger charge is 2.26. The van der Waals surface area contributed by atoms with E-state index in [-0.39, 0.29) is 11.8 Å². The third kappa shape index (κ3) is 4.10. The second-order valence-corrected chi connectivity index (χ2v) is 9.00. The first-order valence-corrected chi connectivity index (χ1v) is 11.5. The van der Waals surface area contributed by atoms with E-state index in [1.165, 1.54) is 10.9 Å². The zero-order chi connectivity index (χ0) is 21.2. The Morgan fingerprint density at radius 2 is 2.10 bits per heavy atom. The molecule has 4 aromatic rings. The first-order chi connectivity index (χ1) is 15.2. The lowest BCUT2D eigenvalue weighted by Crippen LogP contribution is -2.41. The SMILES string of the molecule is COc1ccc2nc(N3CCC(C(=O)NCCc4c[nH]c5ccccc45)CC3)sc2c1. The number of para-hydroxylation sites is 1. The predicted molar refractivity (Wildman–Crippen MR) is 126 cm³/mol. The molecule has 160 valence electrons. The molecule has 1 amide bonds. The van der Waals surface area contributed by atoms with E-state index in [0.717, 1.165) is 59.0 Å². The average molecular weight is 435 g/mol. The number of hydrogen-bond acceptors (Lipinski definition) is 5. The molecule has 1 fully saturated rings. The Labute approximate surface area is 185 Å². The van der Waals surface area contributed by atoms with Crippen molar-refractivity contribution < 1.29 is 9.53 Å². The van der Waals surface area contributed by atoms with Gasteiger partial charge in [-0.2, -0.15) is 0 Å². The Morgan fingerprint density at radius 1 is 1.26 bits per heavy atom. The molecule has 6 nitrogen and oxygen atoms in total. The van der Waals surface area contributed by atoms with E-state index >= 15 is 0 Å². The Kier molecular flexibility index (Phi) is 5.51. The number of piperidine rings is 1. The van der Waals surface area contributed by atoms with Gasteiger partial charge >= 0.3 is 0 Å². The molecule has 5 rings (SSSR count). The first kappa shape index (κ1) is 19.9. The average Bonchev–Trinajstić information content (AvgIpc) is 3.43. The van der Waals surface area contributed by atoms with Crippen LogP contribution in [-0.4, -0.2) is 42.6 Å². The normalized spacial score (nSPS) is 14.9. The molecule has 2 aromatic heterocycles. The van der Waals surface area contributed by atoms with Crippen LogP contribution >= 0.6 is 11.3 Å². The number of methoxy groups -OCH3 is 1. The van der Waals surface area contributed by atoms with Gasteiger partial charge in [0.1, 0.15) is 5.75 Å². The van der Waals surface area contributed by atoms with Crippen molar-refractivity contribution in [3.63, 3.8) is 0 Å². The highest BCUT2D eigenvalue weighted by molar-refractivity contribution is 7.22. The monoisotopic (exact) mass is 434 g/mol. The summed E-state index contributed by atoms with van der Waals surface area (Å²) < 4.78 is 6.44. The van der Waals surface area contributed by atoms with Crippen LogP contribution in [0.3, 0.4) is 0 Å². The van der Waals surface area contributed by atoms with Gasteiger partial charge in [-0.25, -0.2) is 4.98 Å². The van der Waals surface area contributed by atoms with Crippen LogP contribution in [0.4, 0.5) is 5.13 Å². The number of aromatic nitrogens is 2. The van der Waals surface area contributed by atoms with Gasteiger partial charge in [0, 0.05) is 42.7 Å². The van der Waals surface area contributed by atoms with E-state index in [1.54, 1.807) is 18.4 Å². The molecule has 0 bridgehead atoms. The van der Waals surface area contributed by atoms with Gasteiger partial charge in [-0.15, -0.1) is 0 Å². The summed E-state index contributed by atoms with van der Waals surface area (Å²) in [5, 5.41) is 5.41. The molecular formula is C24H26N4O2S. The number of benzene rings is 2. The third-order valence-corrected chi connectivity index (χ3v) is 7.17. The standard InChI is InChI=1S/C24H26N4O2S/c1-30-18-6-7-21-22(14-18)31-24(27-21)28-12-9-16(10-13-28)23(29)25-11-8-17-15-26-20-5-3-2-4-19(17)20/h2-7,14-16,26H,8-13H2,1H3,(H,25,29). The fraction of sp³-hybridized carbons (Fsp3) is 0.333. The highest BCUT2D eigenvalue weighted by atomic mass is 32.1. The van der Waals surface area contributed by atoms with Crippen molar-refractivity contribution in [2.24, 2.45) is 5.92 Å². The van der Waals surface area contributed by atoms with Crippen molar-refractivity contribution in [1.29, 1.82) is 0 Å². The molecule has 1 saturated heterocycles. The second-order valence-electron chi connectivity index (χ2n) is 7.99. The van der Waals surface area contributed by atoms with Gasteiger partial charge < -0.3 is 19.9 Å². The smallest absolute Gasteiger partial charge is 0.223 e. The molecule has 3 heterocycles. The van der Waals surface area contributed by atoms with Crippen LogP contribution in [-0.2, 0) is 11.2 Å². The molecule has 0 aliphatic carbocycles. The summed E-state index contributed by atoms with van der Waals surface area (Å²) in [6.45, 7) is 2.38. The lowest BCUT2D eigenvalue weighted by atomic mass is 9.96. The van der Waals surface area contributed by atoms with Crippen LogP contribution in [0.25, 0.3) is 21.1 Å². The van der Waals surface area contributed by atoms with Gasteiger partial charge in [0.05, 0.1) is 17.3 Å². The molecule has 2 N–H and O–H groups in total. The molecule has 0 saturated carbocycles. The molecule has 0 radical (unpaired) electrons. The van der Waals surface area contributed by atoms with Crippen molar-refractivity contribution in [3.8, 4) is 5.75 Å². The Morgan fingerprint density at radius 3 is 2.94 bits per heavy atom. The number of anilines is 1. The topological polar surface area (TPSA) is 70.2 Å². The van der Waals surface area contributed by atoms with Crippen molar-refractivity contribution in [2.45, 2.75) is 19.3 Å². The molecule has 7 heteroatoms. The van der Waals surface area contributed by atoms with Gasteiger partial charge in [0.2, 0.25) is 5.91 Å². The quantitative estimate of drug-likeness (QED) is 0.473. The van der Waals surface area contributed by atoms with Crippen LogP contribution < -0.4 is 15.0 Å². The van der Waals surface area contributed by atoms with Crippen molar-refractivity contribution >= 4 is 43.5 Å². The molecule has 0 unspecified atom stereocenters. The molecule has 2 aromatic carbocycles. The maximum absolute atomic E-state index is 12.7. The number of aromatic amines is 1. The fourth-order valence-corrected chi connectivity index (χ4v) is 5.34. The van der Waals surface area contributed by atoms with E-state index in [2.05, 4.69) is 27.3 Å². The number of nitrogens with zero attached hydrogens (tertiary/aromatic N) is 2. The molecule has 0 spiro atoms. The Hall–Kier alpha value is -3.06. The number of hydrogen-bond donors (Lipinski definition) is 2. The number of ether oxygens (including phenoxy) is 1. The first-order valence-electron chi connectivity index (χ1n) is 10.7. The maximum Gasteiger partial charge on any atom is 0.223 e. The minimum Gasteiger partial charge on any atom is -0.497 e. The van der Waals surface area contributed by atoms with E-state index in [4.69, 9.17) is 9.72 Å². The summed E-state index contributed by atoms with van der Waals surface area (Å²) in [6, 6.07) is 14.3. The fourth-order valence-electron chi connectivity index (χ4n) is 4.29. The number of amides is 1. The van der Waals surface area contributed by atoms with Crippen LogP contribution in [0, 0.1) is 5.92 Å². The summed E-state index contributed by atoms with van der Waals surface area (Å²) in [5.41, 5.74) is 3.39. The lowest BCUT2D eigenvalue weighted by Gasteiger charge is -2.31. The molecular weight excluding hydrogens is 408 g/mol. The number of H-pyrrole nitrogens is 1. The summed E-state index contributed by atoms with van der Waals surface area (Å²) in [5.74, 6) is 1.10. The minimum atomic E-state index is 0.0775. The Bertz CT molecular complexity index is 1210. The summed E-state index contributed by atoms with van der Waals surface area (Å²) in [6.07, 6.45) is 4.60. The van der Waals surface area contributed by atoms with Crippen molar-refractivity contribution in [3.05, 3.63) is 54.2 Å². The zero-order valence-electron chi connectivity index (χ0n) is 17.6. The number of thiazole rings is 1. The Balaban J connectivity index is 1.13. The molecule has 0 atom stereocenters. The van der Waals surface area contributed by atoms with E-state index in [9.17, 15) is 4.79 Å². The van der Waals surface area contributed by atoms with E-state index in [1.807, 2.05) is 36.5 Å². The molecule has 1 aliphatic rings. The molecule has 1 aliphatic heterocycles. The van der Waals surface area contributed by atoms with Gasteiger partial charge in [-0.05, 0) is 49.1 Å². The number of nitrogens with one attached hydrogen (secondary N) is 2. The molecule has 31 heavy (non-hydrogen) atoms. The van der Waals surface area contributed by atoms with Gasteiger partial charge in [0.15, 0.2) is 5.13 Å². The van der Waals surface area contributed by atoms with Crippen LogP contribution in [0.15, 0.2) is 48.7 Å².